The van der Waals surface area contributed by atoms with Gasteiger partial charge in [-0.05, 0) is 49.7 Å². The molecule has 116 valence electrons. The Morgan fingerprint density at radius 1 is 1.09 bits per heavy atom. The fourth-order valence-electron chi connectivity index (χ4n) is 2.49. The Bertz CT molecular complexity index is 934. The monoisotopic (exact) mass is 322 g/mol. The molecule has 0 aliphatic heterocycles. The van der Waals surface area contributed by atoms with Crippen LogP contribution < -0.4 is 0 Å². The first-order chi connectivity index (χ1) is 11.1. The Labute approximate surface area is 140 Å². The fourth-order valence-corrected chi connectivity index (χ4v) is 2.67. The van der Waals surface area contributed by atoms with E-state index < -0.39 is 0 Å². The molecule has 0 spiro atoms. The van der Waals surface area contributed by atoms with Gasteiger partial charge < -0.3 is 0 Å². The first-order valence-corrected chi connectivity index (χ1v) is 7.82. The second-order valence-corrected chi connectivity index (χ2v) is 5.97. The second kappa shape index (κ2) is 6.30. The van der Waals surface area contributed by atoms with Crippen molar-refractivity contribution >= 4 is 18.4 Å². The van der Waals surface area contributed by atoms with Gasteiger partial charge in [-0.15, -0.1) is 0 Å². The molecule has 0 aliphatic rings. The van der Waals surface area contributed by atoms with E-state index in [1.807, 2.05) is 37.4 Å². The van der Waals surface area contributed by atoms with Gasteiger partial charge in [-0.3, -0.25) is 0 Å². The van der Waals surface area contributed by atoms with E-state index in [0.717, 1.165) is 16.7 Å². The van der Waals surface area contributed by atoms with Gasteiger partial charge in [0.2, 0.25) is 4.77 Å². The Balaban J connectivity index is 2.04. The van der Waals surface area contributed by atoms with Crippen LogP contribution in [0.25, 0.3) is 11.4 Å². The lowest BCUT2D eigenvalue weighted by Crippen LogP contribution is -1.97. The molecule has 1 heterocycles. The van der Waals surface area contributed by atoms with Crippen molar-refractivity contribution in [2.75, 3.05) is 0 Å². The first-order valence-electron chi connectivity index (χ1n) is 7.41. The summed E-state index contributed by atoms with van der Waals surface area (Å²) in [4.78, 5) is 0. The Hall–Kier alpha value is -2.53. The van der Waals surface area contributed by atoms with Gasteiger partial charge >= 0.3 is 0 Å². The molecule has 0 saturated carbocycles. The van der Waals surface area contributed by atoms with E-state index in [1.165, 1.54) is 11.1 Å². The number of hydrogen-bond acceptors (Lipinski definition) is 3. The minimum absolute atomic E-state index is 0.476. The summed E-state index contributed by atoms with van der Waals surface area (Å²) in [6.07, 6.45) is 1.82. The minimum Gasteiger partial charge on any atom is -0.250 e. The molecular formula is C18H18N4S. The number of aryl methyl sites for hydroxylation is 3. The zero-order chi connectivity index (χ0) is 16.4. The number of aromatic nitrogens is 3. The predicted octanol–water partition coefficient (Wildman–Crippen LogP) is 4.42. The Morgan fingerprint density at radius 2 is 1.87 bits per heavy atom. The molecule has 23 heavy (non-hydrogen) atoms. The van der Waals surface area contributed by atoms with E-state index in [0.29, 0.717) is 10.6 Å². The minimum atomic E-state index is 0.476. The molecule has 0 aliphatic carbocycles. The predicted molar refractivity (Wildman–Crippen MR) is 96.5 cm³/mol. The van der Waals surface area contributed by atoms with Crippen molar-refractivity contribution in [3.63, 3.8) is 0 Å². The maximum atomic E-state index is 5.32. The van der Waals surface area contributed by atoms with Crippen LogP contribution in [0.1, 0.15) is 22.3 Å². The summed E-state index contributed by atoms with van der Waals surface area (Å²) >= 11 is 5.32. The van der Waals surface area contributed by atoms with Crippen LogP contribution in [0.5, 0.6) is 0 Å². The van der Waals surface area contributed by atoms with Crippen molar-refractivity contribution in [2.24, 2.45) is 5.10 Å². The molecule has 1 aromatic heterocycles. The third-order valence-electron chi connectivity index (χ3n) is 3.77. The van der Waals surface area contributed by atoms with Crippen molar-refractivity contribution in [2.45, 2.75) is 20.8 Å². The quantitative estimate of drug-likeness (QED) is 0.573. The molecule has 0 unspecified atom stereocenters. The number of aromatic amines is 1. The summed E-state index contributed by atoms with van der Waals surface area (Å²) in [5, 5.41) is 11.7. The first kappa shape index (κ1) is 15.4. The summed E-state index contributed by atoms with van der Waals surface area (Å²) in [5.41, 5.74) is 5.62. The van der Waals surface area contributed by atoms with Gasteiger partial charge in [0.15, 0.2) is 5.82 Å². The summed E-state index contributed by atoms with van der Waals surface area (Å²) in [5.74, 6) is 0.717. The Kier molecular flexibility index (Phi) is 4.21. The van der Waals surface area contributed by atoms with E-state index >= 15 is 0 Å². The van der Waals surface area contributed by atoms with Crippen molar-refractivity contribution in [3.05, 3.63) is 69.5 Å². The lowest BCUT2D eigenvalue weighted by molar-refractivity contribution is 0.870. The maximum Gasteiger partial charge on any atom is 0.216 e. The van der Waals surface area contributed by atoms with Crippen molar-refractivity contribution in [3.8, 4) is 11.4 Å². The Morgan fingerprint density at radius 3 is 2.61 bits per heavy atom. The summed E-state index contributed by atoms with van der Waals surface area (Å²) < 4.78 is 2.14. The highest BCUT2D eigenvalue weighted by molar-refractivity contribution is 7.71. The number of nitrogens with zero attached hydrogens (tertiary/aromatic N) is 3. The molecule has 0 fully saturated rings. The van der Waals surface area contributed by atoms with Gasteiger partial charge in [-0.1, -0.05) is 48.0 Å². The van der Waals surface area contributed by atoms with Crippen LogP contribution in [-0.2, 0) is 0 Å². The lowest BCUT2D eigenvalue weighted by Gasteiger charge is -2.05. The van der Waals surface area contributed by atoms with Crippen molar-refractivity contribution in [1.82, 2.24) is 14.9 Å². The summed E-state index contributed by atoms with van der Waals surface area (Å²) in [6, 6.07) is 14.3. The molecule has 3 aromatic rings. The molecule has 0 atom stereocenters. The van der Waals surface area contributed by atoms with Gasteiger partial charge in [0.1, 0.15) is 0 Å². The average molecular weight is 322 g/mol. The number of H-pyrrole nitrogens is 1. The summed E-state index contributed by atoms with van der Waals surface area (Å²) in [6.45, 7) is 6.20. The van der Waals surface area contributed by atoms with Crippen LogP contribution in [0, 0.1) is 25.5 Å². The zero-order valence-electron chi connectivity index (χ0n) is 13.4. The largest absolute Gasteiger partial charge is 0.250 e. The van der Waals surface area contributed by atoms with Crippen LogP contribution in [0.2, 0.25) is 0 Å². The molecule has 0 bridgehead atoms. The molecule has 1 N–H and O–H groups in total. The molecule has 4 nitrogen and oxygen atoms in total. The smallest absolute Gasteiger partial charge is 0.216 e. The van der Waals surface area contributed by atoms with Gasteiger partial charge in [0, 0.05) is 5.56 Å². The number of nitrogens with one attached hydrogen (secondary N) is 1. The highest BCUT2D eigenvalue weighted by Crippen LogP contribution is 2.21. The highest BCUT2D eigenvalue weighted by Gasteiger charge is 2.10. The third-order valence-corrected chi connectivity index (χ3v) is 4.04. The van der Waals surface area contributed by atoms with E-state index in [1.54, 1.807) is 4.68 Å². The fraction of sp³-hybridized carbons (Fsp3) is 0.167. The van der Waals surface area contributed by atoms with Gasteiger partial charge in [0.25, 0.3) is 0 Å². The van der Waals surface area contributed by atoms with E-state index in [9.17, 15) is 0 Å². The van der Waals surface area contributed by atoms with Crippen LogP contribution in [-0.4, -0.2) is 21.1 Å². The van der Waals surface area contributed by atoms with Gasteiger partial charge in [0.05, 0.1) is 6.21 Å². The van der Waals surface area contributed by atoms with Crippen LogP contribution in [0.3, 0.4) is 0 Å². The standard InChI is InChI=1S/C18H18N4S/c1-12-8-9-15(14(3)10-12)11-19-22-17(20-21-18(22)23)16-7-5-4-6-13(16)2/h4-11H,1-3H3,(H,21,23)/b19-11-. The topological polar surface area (TPSA) is 46.0 Å². The van der Waals surface area contributed by atoms with Crippen molar-refractivity contribution < 1.29 is 0 Å². The SMILES string of the molecule is Cc1ccc(/C=N\n2c(-c3ccccc3C)n[nH]c2=S)c(C)c1. The lowest BCUT2D eigenvalue weighted by atomic mass is 10.1. The molecule has 0 saturated heterocycles. The average Bonchev–Trinajstić information content (AvgIpc) is 2.88. The number of rotatable bonds is 3. The van der Waals surface area contributed by atoms with Crippen molar-refractivity contribution in [1.29, 1.82) is 0 Å². The van der Waals surface area contributed by atoms with Crippen LogP contribution in [0.15, 0.2) is 47.6 Å². The van der Waals surface area contributed by atoms with Gasteiger partial charge in [-0.2, -0.15) is 14.9 Å². The second-order valence-electron chi connectivity index (χ2n) is 5.58. The molecule has 3 rings (SSSR count). The number of benzene rings is 2. The summed E-state index contributed by atoms with van der Waals surface area (Å²) in [7, 11) is 0. The van der Waals surface area contributed by atoms with Crippen LogP contribution >= 0.6 is 12.2 Å². The number of hydrogen-bond donors (Lipinski definition) is 1. The third kappa shape index (κ3) is 3.14. The molecule has 0 radical (unpaired) electrons. The molecule has 5 heteroatoms. The molecule has 2 aromatic carbocycles. The van der Waals surface area contributed by atoms with E-state index in [4.69, 9.17) is 12.2 Å². The van der Waals surface area contributed by atoms with E-state index in [2.05, 4.69) is 47.3 Å². The van der Waals surface area contributed by atoms with E-state index in [-0.39, 0.29) is 0 Å². The van der Waals surface area contributed by atoms with Crippen LogP contribution in [0.4, 0.5) is 0 Å². The maximum absolute atomic E-state index is 5.32. The molecule has 0 amide bonds. The molecular weight excluding hydrogens is 304 g/mol. The van der Waals surface area contributed by atoms with Gasteiger partial charge in [-0.25, -0.2) is 5.10 Å². The zero-order valence-corrected chi connectivity index (χ0v) is 14.2. The normalized spacial score (nSPS) is 11.3. The highest BCUT2D eigenvalue weighted by atomic mass is 32.1.